The third kappa shape index (κ3) is 2.45. The summed E-state index contributed by atoms with van der Waals surface area (Å²) in [4.78, 5) is 0. The van der Waals surface area contributed by atoms with E-state index in [4.69, 9.17) is 10.3 Å². The van der Waals surface area contributed by atoms with Gasteiger partial charge in [-0.05, 0) is 18.2 Å². The highest BCUT2D eigenvalue weighted by Crippen LogP contribution is 2.20. The number of ether oxygens (including phenoxy) is 1. The number of hydrogen-bond acceptors (Lipinski definition) is 3. The van der Waals surface area contributed by atoms with Crippen molar-refractivity contribution < 1.29 is 4.74 Å². The molecule has 0 saturated carbocycles. The molecule has 0 atom stereocenters. The molecule has 0 aromatic heterocycles. The highest BCUT2D eigenvalue weighted by molar-refractivity contribution is 5.44. The van der Waals surface area contributed by atoms with E-state index in [9.17, 15) is 0 Å². The van der Waals surface area contributed by atoms with Crippen molar-refractivity contribution in [2.75, 3.05) is 0 Å². The van der Waals surface area contributed by atoms with E-state index in [2.05, 4.69) is 5.11 Å². The molecule has 0 radical (unpaired) electrons. The van der Waals surface area contributed by atoms with Gasteiger partial charge in [-0.3, -0.25) is 0 Å². The van der Waals surface area contributed by atoms with Gasteiger partial charge in [0.2, 0.25) is 0 Å². The molecule has 2 aromatic rings. The Labute approximate surface area is 94.2 Å². The Balaban J connectivity index is 2.08. The zero-order chi connectivity index (χ0) is 11.2. The molecule has 0 aliphatic heterocycles. The summed E-state index contributed by atoms with van der Waals surface area (Å²) < 4.78 is 5.59. The minimum atomic E-state index is 0.433. The van der Waals surface area contributed by atoms with Gasteiger partial charge in [-0.2, -0.15) is 5.11 Å². The molecule has 80 valence electrons. The molecule has 0 unspecified atom stereocenters. The highest BCUT2D eigenvalue weighted by atomic mass is 16.5. The van der Waals surface area contributed by atoms with Gasteiger partial charge in [0.1, 0.15) is 12.4 Å². The third-order valence-corrected chi connectivity index (χ3v) is 2.25. The van der Waals surface area contributed by atoms with Gasteiger partial charge in [0.15, 0.2) is 0 Å². The lowest BCUT2D eigenvalue weighted by Crippen LogP contribution is -1.95. The Hall–Kier alpha value is -2.16. The number of nitrogens with one attached hydrogen (secondary N) is 1. The van der Waals surface area contributed by atoms with Crippen molar-refractivity contribution in [1.82, 2.24) is 0 Å². The monoisotopic (exact) mass is 212 g/mol. The molecule has 0 amide bonds. The molecule has 0 aliphatic rings. The van der Waals surface area contributed by atoms with Crippen LogP contribution in [0.4, 0.5) is 5.69 Å². The Morgan fingerprint density at radius 3 is 2.38 bits per heavy atom. The van der Waals surface area contributed by atoms with Crippen LogP contribution in [0.5, 0.6) is 5.75 Å². The van der Waals surface area contributed by atoms with Gasteiger partial charge in [0.25, 0.3) is 0 Å². The molecule has 1 N–H and O–H groups in total. The highest BCUT2D eigenvalue weighted by Gasteiger charge is 2.00. The normalized spacial score (nSPS) is 9.75. The maximum absolute atomic E-state index is 7.04. The molecule has 0 fully saturated rings. The molecule has 2 aromatic carbocycles. The van der Waals surface area contributed by atoms with Crippen molar-refractivity contribution in [3.8, 4) is 5.75 Å². The molecular formula is C13H12N2O. The fourth-order valence-electron chi connectivity index (χ4n) is 1.42. The second-order valence-electron chi connectivity index (χ2n) is 3.34. The average molecular weight is 212 g/mol. The molecule has 0 spiro atoms. The molecular weight excluding hydrogens is 200 g/mol. The van der Waals surface area contributed by atoms with Gasteiger partial charge in [-0.1, -0.05) is 36.4 Å². The van der Waals surface area contributed by atoms with Gasteiger partial charge < -0.3 is 4.74 Å². The van der Waals surface area contributed by atoms with Crippen molar-refractivity contribution in [2.24, 2.45) is 5.11 Å². The summed E-state index contributed by atoms with van der Waals surface area (Å²) in [5.41, 5.74) is 8.61. The molecule has 3 nitrogen and oxygen atoms in total. The Kier molecular flexibility index (Phi) is 3.28. The van der Waals surface area contributed by atoms with Crippen LogP contribution in [0.3, 0.4) is 0 Å². The van der Waals surface area contributed by atoms with Crippen LogP contribution in [0.1, 0.15) is 5.56 Å². The molecule has 0 aliphatic carbocycles. The second kappa shape index (κ2) is 5.07. The molecule has 0 bridgehead atoms. The van der Waals surface area contributed by atoms with Crippen molar-refractivity contribution in [1.29, 1.82) is 5.53 Å². The van der Waals surface area contributed by atoms with Crippen LogP contribution in [-0.2, 0) is 6.61 Å². The van der Waals surface area contributed by atoms with Crippen molar-refractivity contribution in [2.45, 2.75) is 6.61 Å². The maximum Gasteiger partial charge on any atom is 0.119 e. The fourth-order valence-corrected chi connectivity index (χ4v) is 1.42. The lowest BCUT2D eigenvalue weighted by atomic mass is 10.2. The predicted octanol–water partition coefficient (Wildman–Crippen LogP) is 3.93. The van der Waals surface area contributed by atoms with Gasteiger partial charge in [0, 0.05) is 5.56 Å². The lowest BCUT2D eigenvalue weighted by Gasteiger charge is -2.07. The van der Waals surface area contributed by atoms with Crippen molar-refractivity contribution in [3.05, 3.63) is 60.2 Å². The zero-order valence-electron chi connectivity index (χ0n) is 8.76. The second-order valence-corrected chi connectivity index (χ2v) is 3.34. The van der Waals surface area contributed by atoms with E-state index in [1.165, 1.54) is 0 Å². The van der Waals surface area contributed by atoms with Crippen LogP contribution in [0.25, 0.3) is 0 Å². The van der Waals surface area contributed by atoms with Crippen LogP contribution in [-0.4, -0.2) is 0 Å². The minimum Gasteiger partial charge on any atom is -0.489 e. The molecule has 0 saturated heterocycles. The number of para-hydroxylation sites is 2. The molecule has 3 heteroatoms. The van der Waals surface area contributed by atoms with Gasteiger partial charge in [-0.25, -0.2) is 5.53 Å². The van der Waals surface area contributed by atoms with Crippen LogP contribution >= 0.6 is 0 Å². The number of hydrogen-bond donors (Lipinski definition) is 1. The SMILES string of the molecule is N=Nc1ccccc1COc1ccccc1. The van der Waals surface area contributed by atoms with Crippen LogP contribution < -0.4 is 4.74 Å². The maximum atomic E-state index is 7.04. The summed E-state index contributed by atoms with van der Waals surface area (Å²) in [5.74, 6) is 0.822. The van der Waals surface area contributed by atoms with E-state index in [1.54, 1.807) is 6.07 Å². The summed E-state index contributed by atoms with van der Waals surface area (Å²) in [6.45, 7) is 0.433. The van der Waals surface area contributed by atoms with E-state index in [0.29, 0.717) is 12.3 Å². The predicted molar refractivity (Wildman–Crippen MR) is 62.0 cm³/mol. The summed E-state index contributed by atoms with van der Waals surface area (Å²) >= 11 is 0. The van der Waals surface area contributed by atoms with E-state index in [0.717, 1.165) is 11.3 Å². The first-order chi connectivity index (χ1) is 7.90. The molecule has 0 heterocycles. The Morgan fingerprint density at radius 2 is 1.62 bits per heavy atom. The largest absolute Gasteiger partial charge is 0.489 e. The summed E-state index contributed by atoms with van der Waals surface area (Å²) in [6, 6.07) is 17.1. The molecule has 16 heavy (non-hydrogen) atoms. The zero-order valence-corrected chi connectivity index (χ0v) is 8.76. The molecule has 2 rings (SSSR count). The van der Waals surface area contributed by atoms with E-state index < -0.39 is 0 Å². The van der Waals surface area contributed by atoms with Crippen LogP contribution in [0.2, 0.25) is 0 Å². The minimum absolute atomic E-state index is 0.433. The number of nitrogens with zero attached hydrogens (tertiary/aromatic N) is 1. The van der Waals surface area contributed by atoms with Crippen molar-refractivity contribution in [3.63, 3.8) is 0 Å². The van der Waals surface area contributed by atoms with Gasteiger partial charge >= 0.3 is 0 Å². The van der Waals surface area contributed by atoms with E-state index >= 15 is 0 Å². The standard InChI is InChI=1S/C13H12N2O/c14-15-13-9-5-4-6-11(13)10-16-12-7-2-1-3-8-12/h1-9,14H,10H2. The lowest BCUT2D eigenvalue weighted by molar-refractivity contribution is 0.306. The van der Waals surface area contributed by atoms with Gasteiger partial charge in [-0.15, -0.1) is 0 Å². The summed E-state index contributed by atoms with van der Waals surface area (Å²) in [7, 11) is 0. The Bertz CT molecular complexity index is 468. The number of rotatable bonds is 4. The third-order valence-electron chi connectivity index (χ3n) is 2.25. The van der Waals surface area contributed by atoms with E-state index in [1.807, 2.05) is 48.5 Å². The van der Waals surface area contributed by atoms with Crippen LogP contribution in [0.15, 0.2) is 59.7 Å². The first-order valence-electron chi connectivity index (χ1n) is 5.03. The van der Waals surface area contributed by atoms with Crippen molar-refractivity contribution >= 4 is 5.69 Å². The van der Waals surface area contributed by atoms with Crippen LogP contribution in [0, 0.1) is 5.53 Å². The quantitative estimate of drug-likeness (QED) is 0.767. The number of benzene rings is 2. The smallest absolute Gasteiger partial charge is 0.119 e. The average Bonchev–Trinajstić information content (AvgIpc) is 2.38. The first-order valence-corrected chi connectivity index (χ1v) is 5.03. The summed E-state index contributed by atoms with van der Waals surface area (Å²) in [5, 5.41) is 3.45. The summed E-state index contributed by atoms with van der Waals surface area (Å²) in [6.07, 6.45) is 0. The topological polar surface area (TPSA) is 45.4 Å². The first kappa shape index (κ1) is 10.4. The van der Waals surface area contributed by atoms with E-state index in [-0.39, 0.29) is 0 Å². The van der Waals surface area contributed by atoms with Gasteiger partial charge in [0.05, 0.1) is 5.69 Å². The Morgan fingerprint density at radius 1 is 0.938 bits per heavy atom. The fraction of sp³-hybridized carbons (Fsp3) is 0.0769.